The van der Waals surface area contributed by atoms with Gasteiger partial charge in [-0.1, -0.05) is 49.2 Å². The summed E-state index contributed by atoms with van der Waals surface area (Å²) in [5, 5.41) is 3.90. The van der Waals surface area contributed by atoms with E-state index >= 15 is 0 Å². The number of anilines is 1. The predicted molar refractivity (Wildman–Crippen MR) is 140 cm³/mol. The van der Waals surface area contributed by atoms with E-state index in [-0.39, 0.29) is 11.7 Å². The maximum atomic E-state index is 12.9. The number of aryl methyl sites for hydroxylation is 1. The Labute approximate surface area is 212 Å². The van der Waals surface area contributed by atoms with Gasteiger partial charge in [-0.15, -0.1) is 0 Å². The summed E-state index contributed by atoms with van der Waals surface area (Å²) in [6, 6.07) is 20.2. The second-order valence-electron chi connectivity index (χ2n) is 8.67. The Morgan fingerprint density at radius 2 is 1.77 bits per heavy atom. The fourth-order valence-corrected chi connectivity index (χ4v) is 4.30. The third kappa shape index (κ3) is 4.70. The molecule has 5 nitrogen and oxygen atoms in total. The van der Waals surface area contributed by atoms with Crippen LogP contribution in [0, 0.1) is 6.92 Å². The predicted octanol–water partition coefficient (Wildman–Crippen LogP) is 8.75. The molecule has 0 bridgehead atoms. The highest BCUT2D eigenvalue weighted by Crippen LogP contribution is 2.33. The number of fused-ring (bicyclic) bond motifs is 1. The van der Waals surface area contributed by atoms with Crippen molar-refractivity contribution < 1.29 is 13.6 Å². The first-order chi connectivity index (χ1) is 16.8. The van der Waals surface area contributed by atoms with Gasteiger partial charge in [0.25, 0.3) is 5.91 Å². The lowest BCUT2D eigenvalue weighted by atomic mass is 10.0. The number of hydrogen-bond donors (Lipinski definition) is 1. The number of carbonyl (C=O) groups excluding carboxylic acids is 1. The molecule has 0 saturated carbocycles. The highest BCUT2D eigenvalue weighted by Gasteiger charge is 2.17. The second-order valence-corrected chi connectivity index (χ2v) is 9.52. The van der Waals surface area contributed by atoms with E-state index in [2.05, 4.69) is 30.2 Å². The van der Waals surface area contributed by atoms with Crippen LogP contribution in [-0.2, 0) is 0 Å². The van der Waals surface area contributed by atoms with Gasteiger partial charge in [0.1, 0.15) is 11.3 Å². The number of nitrogens with one attached hydrogen (secondary N) is 1. The van der Waals surface area contributed by atoms with E-state index in [1.807, 2.05) is 37.3 Å². The monoisotopic (exact) mass is 504 g/mol. The van der Waals surface area contributed by atoms with Crippen LogP contribution in [0.5, 0.6) is 0 Å². The van der Waals surface area contributed by atoms with Gasteiger partial charge in [-0.3, -0.25) is 4.79 Å². The van der Waals surface area contributed by atoms with E-state index in [0.29, 0.717) is 38.9 Å². The van der Waals surface area contributed by atoms with E-state index in [1.165, 1.54) is 5.56 Å². The molecular formula is C28H22Cl2N2O3. The Balaban J connectivity index is 1.40. The van der Waals surface area contributed by atoms with Crippen LogP contribution in [0.3, 0.4) is 0 Å². The zero-order chi connectivity index (χ0) is 24.7. The number of aromatic nitrogens is 1. The summed E-state index contributed by atoms with van der Waals surface area (Å²) in [7, 11) is 0. The first kappa shape index (κ1) is 23.2. The normalized spacial score (nSPS) is 11.4. The van der Waals surface area contributed by atoms with Gasteiger partial charge in [-0.25, -0.2) is 4.98 Å². The summed E-state index contributed by atoms with van der Waals surface area (Å²) < 4.78 is 11.8. The molecule has 0 aliphatic carbocycles. The molecular weight excluding hydrogens is 483 g/mol. The summed E-state index contributed by atoms with van der Waals surface area (Å²) in [6.45, 7) is 6.20. The van der Waals surface area contributed by atoms with Crippen LogP contribution in [0.15, 0.2) is 75.6 Å². The van der Waals surface area contributed by atoms with Crippen molar-refractivity contribution in [1.82, 2.24) is 4.98 Å². The fourth-order valence-electron chi connectivity index (χ4n) is 3.79. The lowest BCUT2D eigenvalue weighted by Gasteiger charge is -2.08. The lowest BCUT2D eigenvalue weighted by Crippen LogP contribution is -2.11. The van der Waals surface area contributed by atoms with E-state index < -0.39 is 0 Å². The van der Waals surface area contributed by atoms with Gasteiger partial charge in [0.2, 0.25) is 5.89 Å². The number of furan rings is 1. The van der Waals surface area contributed by atoms with Crippen molar-refractivity contribution in [1.29, 1.82) is 0 Å². The average Bonchev–Trinajstić information content (AvgIpc) is 3.47. The molecule has 0 aliphatic heterocycles. The molecule has 2 heterocycles. The van der Waals surface area contributed by atoms with Crippen molar-refractivity contribution in [2.45, 2.75) is 26.7 Å². The summed E-state index contributed by atoms with van der Waals surface area (Å²) in [6.07, 6.45) is 0. The Morgan fingerprint density at radius 1 is 0.943 bits per heavy atom. The lowest BCUT2D eigenvalue weighted by molar-refractivity contribution is 0.0997. The quantitative estimate of drug-likeness (QED) is 0.259. The molecule has 0 fully saturated rings. The number of carbonyl (C=O) groups is 1. The van der Waals surface area contributed by atoms with E-state index in [4.69, 9.17) is 32.0 Å². The van der Waals surface area contributed by atoms with E-state index in [0.717, 1.165) is 22.2 Å². The minimum absolute atomic E-state index is 0.166. The van der Waals surface area contributed by atoms with Crippen LogP contribution in [0.1, 0.15) is 41.4 Å². The molecule has 0 spiro atoms. The largest absolute Gasteiger partial charge is 0.451 e. The Kier molecular flexibility index (Phi) is 6.13. The number of rotatable bonds is 5. The fraction of sp³-hybridized carbons (Fsp3) is 0.143. The standard InChI is InChI=1S/C28H22Cl2N2O3/c1-15(2)17-6-9-25-23(12-17)32-28(35-25)18-5-4-16(3)22(13-18)31-27(33)26-11-10-24(34-26)20-8-7-19(29)14-21(20)30/h4-15H,1-3H3,(H,31,33). The first-order valence-electron chi connectivity index (χ1n) is 11.2. The van der Waals surface area contributed by atoms with Crippen molar-refractivity contribution >= 4 is 45.9 Å². The van der Waals surface area contributed by atoms with E-state index in [1.54, 1.807) is 30.3 Å². The van der Waals surface area contributed by atoms with Gasteiger partial charge >= 0.3 is 0 Å². The van der Waals surface area contributed by atoms with Crippen LogP contribution in [-0.4, -0.2) is 10.9 Å². The van der Waals surface area contributed by atoms with Crippen molar-refractivity contribution in [3.63, 3.8) is 0 Å². The molecule has 3 aromatic carbocycles. The molecule has 0 unspecified atom stereocenters. The van der Waals surface area contributed by atoms with Crippen molar-refractivity contribution in [3.8, 4) is 22.8 Å². The molecule has 2 aromatic heterocycles. The topological polar surface area (TPSA) is 68.3 Å². The molecule has 0 radical (unpaired) electrons. The summed E-state index contributed by atoms with van der Waals surface area (Å²) in [4.78, 5) is 17.6. The number of nitrogens with zero attached hydrogens (tertiary/aromatic N) is 1. The van der Waals surface area contributed by atoms with Gasteiger partial charge in [0.15, 0.2) is 11.3 Å². The van der Waals surface area contributed by atoms with Crippen molar-refractivity contribution in [2.75, 3.05) is 5.32 Å². The first-order valence-corrected chi connectivity index (χ1v) is 11.9. The Hall–Kier alpha value is -3.54. The summed E-state index contributed by atoms with van der Waals surface area (Å²) in [5.74, 6) is 1.17. The van der Waals surface area contributed by atoms with Crippen LogP contribution < -0.4 is 5.32 Å². The highest BCUT2D eigenvalue weighted by atomic mass is 35.5. The number of oxazole rings is 1. The Bertz CT molecular complexity index is 1570. The zero-order valence-corrected chi connectivity index (χ0v) is 20.9. The Morgan fingerprint density at radius 3 is 2.54 bits per heavy atom. The average molecular weight is 505 g/mol. The van der Waals surface area contributed by atoms with Gasteiger partial charge in [-0.05, 0) is 78.6 Å². The van der Waals surface area contributed by atoms with Gasteiger partial charge in [0, 0.05) is 21.8 Å². The smallest absolute Gasteiger partial charge is 0.291 e. The molecule has 5 aromatic rings. The number of halogens is 2. The van der Waals surface area contributed by atoms with Gasteiger partial charge in [0.05, 0.1) is 5.02 Å². The molecule has 176 valence electrons. The summed E-state index contributed by atoms with van der Waals surface area (Å²) >= 11 is 12.2. The van der Waals surface area contributed by atoms with Crippen LogP contribution in [0.4, 0.5) is 5.69 Å². The molecule has 0 saturated heterocycles. The highest BCUT2D eigenvalue weighted by molar-refractivity contribution is 6.36. The van der Waals surface area contributed by atoms with Crippen molar-refractivity contribution in [2.24, 2.45) is 0 Å². The molecule has 0 aliphatic rings. The van der Waals surface area contributed by atoms with E-state index in [9.17, 15) is 4.79 Å². The third-order valence-electron chi connectivity index (χ3n) is 5.84. The number of benzene rings is 3. The minimum Gasteiger partial charge on any atom is -0.451 e. The molecule has 1 N–H and O–H groups in total. The minimum atomic E-state index is -0.374. The summed E-state index contributed by atoms with van der Waals surface area (Å²) in [5.41, 5.74) is 5.69. The van der Waals surface area contributed by atoms with Crippen LogP contribution >= 0.6 is 23.2 Å². The number of hydrogen-bond acceptors (Lipinski definition) is 4. The number of amides is 1. The van der Waals surface area contributed by atoms with Crippen LogP contribution in [0.25, 0.3) is 33.9 Å². The SMILES string of the molecule is Cc1ccc(-c2nc3cc(C(C)C)ccc3o2)cc1NC(=O)c1ccc(-c2ccc(Cl)cc2Cl)o1. The van der Waals surface area contributed by atoms with Crippen LogP contribution in [0.2, 0.25) is 10.0 Å². The zero-order valence-electron chi connectivity index (χ0n) is 19.4. The molecule has 0 atom stereocenters. The molecule has 1 amide bonds. The van der Waals surface area contributed by atoms with Gasteiger partial charge in [-0.2, -0.15) is 0 Å². The van der Waals surface area contributed by atoms with Crippen molar-refractivity contribution in [3.05, 3.63) is 93.7 Å². The maximum absolute atomic E-state index is 12.9. The molecule has 5 rings (SSSR count). The molecule has 7 heteroatoms. The maximum Gasteiger partial charge on any atom is 0.291 e. The third-order valence-corrected chi connectivity index (χ3v) is 6.39. The van der Waals surface area contributed by atoms with Gasteiger partial charge < -0.3 is 14.2 Å². The molecule has 35 heavy (non-hydrogen) atoms. The second kappa shape index (κ2) is 9.25.